The Balaban J connectivity index is 1.60. The zero-order valence-corrected chi connectivity index (χ0v) is 17.6. The van der Waals surface area contributed by atoms with Crippen LogP contribution in [-0.4, -0.2) is 62.2 Å². The number of morpholine rings is 1. The van der Waals surface area contributed by atoms with Crippen molar-refractivity contribution in [1.29, 1.82) is 0 Å². The maximum absolute atomic E-state index is 13.1. The fourth-order valence-corrected chi connectivity index (χ4v) is 3.86. The summed E-state index contributed by atoms with van der Waals surface area (Å²) in [7, 11) is 1.54. The molecule has 2 heterocycles. The Hall–Kier alpha value is -3.23. The molecule has 0 saturated carbocycles. The van der Waals surface area contributed by atoms with Crippen molar-refractivity contribution in [3.05, 3.63) is 64.6 Å². The number of quaternary nitrogens is 1. The molecule has 31 heavy (non-hydrogen) atoms. The molecule has 0 bridgehead atoms. The molecule has 2 N–H and O–H groups in total. The number of methoxy groups -OCH3 is 1. The number of fused-ring (bicyclic) bond motifs is 1. The van der Waals surface area contributed by atoms with Gasteiger partial charge in [0.25, 0.3) is 11.5 Å². The third-order valence-electron chi connectivity index (χ3n) is 5.53. The number of rotatable bonds is 7. The Morgan fingerprint density at radius 3 is 2.61 bits per heavy atom. The first kappa shape index (κ1) is 21.0. The van der Waals surface area contributed by atoms with E-state index in [0.717, 1.165) is 39.3 Å². The molecule has 0 aliphatic carbocycles. The van der Waals surface area contributed by atoms with Crippen LogP contribution in [0.25, 0.3) is 16.5 Å². The first-order valence-corrected chi connectivity index (χ1v) is 10.5. The van der Waals surface area contributed by atoms with Gasteiger partial charge in [0.2, 0.25) is 0 Å². The SMILES string of the molecule is COc1ccccc1-n1nc(C(=O)NCCC[NH+]2CCOCC2)c2ccccc2c1=O. The number of carbonyl (C=O) groups is 1. The molecule has 1 fully saturated rings. The molecule has 1 amide bonds. The maximum Gasteiger partial charge on any atom is 0.279 e. The Morgan fingerprint density at radius 1 is 1.13 bits per heavy atom. The molecule has 3 aromatic rings. The molecule has 8 nitrogen and oxygen atoms in total. The van der Waals surface area contributed by atoms with Gasteiger partial charge in [-0.15, -0.1) is 0 Å². The Labute approximate surface area is 180 Å². The van der Waals surface area contributed by atoms with Crippen LogP contribution in [0.2, 0.25) is 0 Å². The molecule has 0 radical (unpaired) electrons. The molecule has 1 saturated heterocycles. The lowest BCUT2D eigenvalue weighted by atomic mass is 10.1. The monoisotopic (exact) mass is 423 g/mol. The smallest absolute Gasteiger partial charge is 0.279 e. The van der Waals surface area contributed by atoms with Crippen molar-refractivity contribution in [2.75, 3.05) is 46.5 Å². The van der Waals surface area contributed by atoms with Crippen molar-refractivity contribution < 1.29 is 19.2 Å². The predicted octanol–water partition coefficient (Wildman–Crippen LogP) is 0.429. The van der Waals surface area contributed by atoms with Crippen LogP contribution in [0.1, 0.15) is 16.9 Å². The number of amides is 1. The molecule has 4 rings (SSSR count). The first-order valence-electron chi connectivity index (χ1n) is 10.5. The fourth-order valence-electron chi connectivity index (χ4n) is 3.86. The van der Waals surface area contributed by atoms with Crippen molar-refractivity contribution in [1.82, 2.24) is 15.1 Å². The summed E-state index contributed by atoms with van der Waals surface area (Å²) in [6, 6.07) is 14.2. The van der Waals surface area contributed by atoms with Gasteiger partial charge >= 0.3 is 0 Å². The number of hydrogen-bond donors (Lipinski definition) is 2. The summed E-state index contributed by atoms with van der Waals surface area (Å²) >= 11 is 0. The Morgan fingerprint density at radius 2 is 1.84 bits per heavy atom. The molecule has 162 valence electrons. The van der Waals surface area contributed by atoms with Crippen molar-refractivity contribution in [2.45, 2.75) is 6.42 Å². The van der Waals surface area contributed by atoms with E-state index in [1.807, 2.05) is 6.07 Å². The maximum atomic E-state index is 13.1. The normalized spacial score (nSPS) is 14.5. The fraction of sp³-hybridized carbons (Fsp3) is 0.348. The summed E-state index contributed by atoms with van der Waals surface area (Å²) in [4.78, 5) is 27.6. The minimum Gasteiger partial charge on any atom is -0.494 e. The second kappa shape index (κ2) is 9.72. The van der Waals surface area contributed by atoms with Gasteiger partial charge in [-0.25, -0.2) is 0 Å². The molecule has 8 heteroatoms. The van der Waals surface area contributed by atoms with Crippen LogP contribution < -0.4 is 20.5 Å². The number of carbonyl (C=O) groups excluding carboxylic acids is 1. The van der Waals surface area contributed by atoms with Crippen molar-refractivity contribution in [3.8, 4) is 11.4 Å². The zero-order valence-electron chi connectivity index (χ0n) is 17.6. The van der Waals surface area contributed by atoms with Crippen molar-refractivity contribution >= 4 is 16.7 Å². The summed E-state index contributed by atoms with van der Waals surface area (Å²) in [5.74, 6) is 0.212. The number of nitrogens with zero attached hydrogens (tertiary/aromatic N) is 2. The van der Waals surface area contributed by atoms with Crippen molar-refractivity contribution in [3.63, 3.8) is 0 Å². The molecule has 1 aliphatic rings. The first-order chi connectivity index (χ1) is 15.2. The number of aromatic nitrogens is 2. The number of hydrogen-bond acceptors (Lipinski definition) is 5. The highest BCUT2D eigenvalue weighted by Crippen LogP contribution is 2.22. The van der Waals surface area contributed by atoms with Crippen LogP contribution >= 0.6 is 0 Å². The highest BCUT2D eigenvalue weighted by atomic mass is 16.5. The second-order valence-corrected chi connectivity index (χ2v) is 7.50. The Kier molecular flexibility index (Phi) is 6.59. The van der Waals surface area contributed by atoms with Crippen LogP contribution in [0.5, 0.6) is 5.75 Å². The summed E-state index contributed by atoms with van der Waals surface area (Å²) in [6.07, 6.45) is 0.866. The molecule has 0 unspecified atom stereocenters. The summed E-state index contributed by atoms with van der Waals surface area (Å²) in [5, 5.41) is 8.38. The van der Waals surface area contributed by atoms with Gasteiger partial charge in [0.1, 0.15) is 24.5 Å². The second-order valence-electron chi connectivity index (χ2n) is 7.50. The number of benzene rings is 2. The zero-order chi connectivity index (χ0) is 21.6. The molecule has 0 atom stereocenters. The Bertz CT molecular complexity index is 1120. The van der Waals surface area contributed by atoms with E-state index < -0.39 is 0 Å². The topological polar surface area (TPSA) is 86.9 Å². The van der Waals surface area contributed by atoms with E-state index in [2.05, 4.69) is 10.4 Å². The van der Waals surface area contributed by atoms with Crippen LogP contribution in [0.4, 0.5) is 0 Å². The lowest BCUT2D eigenvalue weighted by Gasteiger charge is -2.23. The largest absolute Gasteiger partial charge is 0.494 e. The van der Waals surface area contributed by atoms with Gasteiger partial charge in [0, 0.05) is 18.4 Å². The molecule has 1 aromatic heterocycles. The van der Waals surface area contributed by atoms with Gasteiger partial charge in [0.15, 0.2) is 5.69 Å². The molecule has 2 aromatic carbocycles. The summed E-state index contributed by atoms with van der Waals surface area (Å²) in [5.41, 5.74) is 0.415. The van der Waals surface area contributed by atoms with E-state index in [0.29, 0.717) is 28.8 Å². The van der Waals surface area contributed by atoms with E-state index >= 15 is 0 Å². The van der Waals surface area contributed by atoms with E-state index in [9.17, 15) is 9.59 Å². The number of nitrogens with one attached hydrogen (secondary N) is 2. The van der Waals surface area contributed by atoms with Gasteiger partial charge in [0.05, 0.1) is 32.3 Å². The third-order valence-corrected chi connectivity index (χ3v) is 5.53. The minimum absolute atomic E-state index is 0.222. The van der Waals surface area contributed by atoms with Gasteiger partial charge in [-0.2, -0.15) is 9.78 Å². The van der Waals surface area contributed by atoms with Crippen LogP contribution in [0.15, 0.2) is 53.3 Å². The highest BCUT2D eigenvalue weighted by molar-refractivity contribution is 6.04. The van der Waals surface area contributed by atoms with E-state index in [1.165, 1.54) is 16.7 Å². The lowest BCUT2D eigenvalue weighted by Crippen LogP contribution is -3.14. The molecular weight excluding hydrogens is 396 g/mol. The van der Waals surface area contributed by atoms with Crippen LogP contribution in [-0.2, 0) is 4.74 Å². The molecule has 0 spiro atoms. The van der Waals surface area contributed by atoms with Crippen LogP contribution in [0.3, 0.4) is 0 Å². The summed E-state index contributed by atoms with van der Waals surface area (Å²) in [6.45, 7) is 5.13. The third kappa shape index (κ3) is 4.60. The van der Waals surface area contributed by atoms with Gasteiger partial charge in [-0.3, -0.25) is 9.59 Å². The van der Waals surface area contributed by atoms with E-state index in [-0.39, 0.29) is 17.2 Å². The van der Waals surface area contributed by atoms with Gasteiger partial charge in [-0.05, 0) is 18.2 Å². The lowest BCUT2D eigenvalue weighted by molar-refractivity contribution is -0.908. The van der Waals surface area contributed by atoms with Gasteiger partial charge in [-0.1, -0.05) is 30.3 Å². The average Bonchev–Trinajstić information content (AvgIpc) is 2.83. The standard InChI is InChI=1S/C23H26N4O4/c1-30-20-10-5-4-9-19(20)27-23(29)18-8-3-2-7-17(18)21(25-27)22(28)24-11-6-12-26-13-15-31-16-14-26/h2-5,7-10H,6,11-16H2,1H3,(H,24,28)/p+1. The highest BCUT2D eigenvalue weighted by Gasteiger charge is 2.19. The molecule has 1 aliphatic heterocycles. The minimum atomic E-state index is -0.299. The predicted molar refractivity (Wildman–Crippen MR) is 117 cm³/mol. The number of para-hydroxylation sites is 2. The van der Waals surface area contributed by atoms with E-state index in [1.54, 1.807) is 42.5 Å². The molecular formula is C23H27N4O4+. The average molecular weight is 423 g/mol. The van der Waals surface area contributed by atoms with E-state index in [4.69, 9.17) is 9.47 Å². The van der Waals surface area contributed by atoms with Crippen molar-refractivity contribution in [2.24, 2.45) is 0 Å². The van der Waals surface area contributed by atoms with Crippen LogP contribution in [0, 0.1) is 0 Å². The summed E-state index contributed by atoms with van der Waals surface area (Å²) < 4.78 is 12.0. The number of ether oxygens (including phenoxy) is 2. The van der Waals surface area contributed by atoms with Gasteiger partial charge < -0.3 is 19.7 Å². The quantitative estimate of drug-likeness (QED) is 0.539.